The van der Waals surface area contributed by atoms with E-state index in [9.17, 15) is 24.6 Å². The molecule has 0 aliphatic carbocycles. The summed E-state index contributed by atoms with van der Waals surface area (Å²) in [5.41, 5.74) is -0.346. The first-order valence-electron chi connectivity index (χ1n) is 12.9. The summed E-state index contributed by atoms with van der Waals surface area (Å²) in [6, 6.07) is 3.76. The Balaban J connectivity index is 3.38. The third-order valence-corrected chi connectivity index (χ3v) is 5.56. The summed E-state index contributed by atoms with van der Waals surface area (Å²) >= 11 is 0. The molecule has 36 heavy (non-hydrogen) atoms. The molecule has 3 unspecified atom stereocenters. The van der Waals surface area contributed by atoms with Gasteiger partial charge in [-0.15, -0.1) is 0 Å². The Morgan fingerprint density at radius 3 is 2.31 bits per heavy atom. The van der Waals surface area contributed by atoms with E-state index in [0.717, 1.165) is 32.1 Å². The molecule has 0 saturated carbocycles. The van der Waals surface area contributed by atoms with Crippen molar-refractivity contribution in [1.29, 1.82) is 0 Å². The molecule has 1 rings (SSSR count). The number of aromatic hydroxyl groups is 1. The SMILES string of the molecule is CCCCCCN(C(=O)C(CO)NC(=O)OC(C)(C)C)C(C(=O)NC(C)CCC)c1cccc(O)c1. The average Bonchev–Trinajstić information content (AvgIpc) is 2.77. The van der Waals surface area contributed by atoms with Crippen molar-refractivity contribution in [3.8, 4) is 5.75 Å². The molecule has 0 fully saturated rings. The normalized spacial score (nSPS) is 13.9. The number of hydrogen-bond acceptors (Lipinski definition) is 6. The zero-order chi connectivity index (χ0) is 27.3. The van der Waals surface area contributed by atoms with Crippen molar-refractivity contribution >= 4 is 17.9 Å². The second kappa shape index (κ2) is 15.3. The van der Waals surface area contributed by atoms with Gasteiger partial charge in [0.15, 0.2) is 0 Å². The Hall–Kier alpha value is -2.81. The lowest BCUT2D eigenvalue weighted by Gasteiger charge is -2.34. The maximum Gasteiger partial charge on any atom is 0.408 e. The first-order chi connectivity index (χ1) is 16.9. The zero-order valence-corrected chi connectivity index (χ0v) is 22.7. The van der Waals surface area contributed by atoms with Crippen LogP contribution in [-0.4, -0.2) is 63.9 Å². The summed E-state index contributed by atoms with van der Waals surface area (Å²) in [6.45, 7) is 10.7. The third kappa shape index (κ3) is 10.8. The zero-order valence-electron chi connectivity index (χ0n) is 22.7. The number of aliphatic hydroxyl groups is 1. The molecular formula is C27H45N3O6. The van der Waals surface area contributed by atoms with E-state index in [-0.39, 0.29) is 24.2 Å². The van der Waals surface area contributed by atoms with Crippen LogP contribution in [0.1, 0.15) is 91.7 Å². The number of hydrogen-bond donors (Lipinski definition) is 4. The molecule has 0 aliphatic heterocycles. The number of phenols is 1. The maximum absolute atomic E-state index is 13.7. The fourth-order valence-corrected chi connectivity index (χ4v) is 3.91. The van der Waals surface area contributed by atoms with Gasteiger partial charge in [0.05, 0.1) is 6.61 Å². The Morgan fingerprint density at radius 1 is 1.06 bits per heavy atom. The smallest absolute Gasteiger partial charge is 0.408 e. The van der Waals surface area contributed by atoms with Gasteiger partial charge in [0, 0.05) is 12.6 Å². The fourth-order valence-electron chi connectivity index (χ4n) is 3.91. The molecular weight excluding hydrogens is 462 g/mol. The molecule has 0 spiro atoms. The Bertz CT molecular complexity index is 839. The van der Waals surface area contributed by atoms with Crippen molar-refractivity contribution in [2.45, 2.75) is 104 Å². The number of unbranched alkanes of at least 4 members (excludes halogenated alkanes) is 3. The number of benzene rings is 1. The van der Waals surface area contributed by atoms with Crippen molar-refractivity contribution in [3.05, 3.63) is 29.8 Å². The number of carbonyl (C=O) groups excluding carboxylic acids is 3. The first-order valence-corrected chi connectivity index (χ1v) is 12.9. The molecule has 3 amide bonds. The van der Waals surface area contributed by atoms with E-state index >= 15 is 0 Å². The number of aliphatic hydroxyl groups excluding tert-OH is 1. The van der Waals surface area contributed by atoms with Crippen LogP contribution in [0.5, 0.6) is 5.75 Å². The fraction of sp³-hybridized carbons (Fsp3) is 0.667. The van der Waals surface area contributed by atoms with Gasteiger partial charge in [-0.05, 0) is 58.2 Å². The molecule has 3 atom stereocenters. The summed E-state index contributed by atoms with van der Waals surface area (Å²) < 4.78 is 5.26. The standard InChI is InChI=1S/C27H45N3O6/c1-7-9-10-11-16-30(25(34)22(18-31)29-26(35)36-27(4,5)6)23(20-14-12-15-21(32)17-20)24(33)28-19(3)13-8-2/h12,14-15,17,19,22-23,31-32H,7-11,13,16,18H2,1-6H3,(H,28,33)(H,29,35). The molecule has 0 aliphatic rings. The summed E-state index contributed by atoms with van der Waals surface area (Å²) in [5.74, 6) is -1.03. The number of nitrogens with zero attached hydrogens (tertiary/aromatic N) is 1. The van der Waals surface area contributed by atoms with Gasteiger partial charge in [-0.1, -0.05) is 51.7 Å². The number of phenolic OH excluding ortho intramolecular Hbond substituents is 1. The van der Waals surface area contributed by atoms with Crippen LogP contribution in [0, 0.1) is 0 Å². The summed E-state index contributed by atoms with van der Waals surface area (Å²) in [5, 5.41) is 25.5. The minimum atomic E-state index is -1.30. The highest BCUT2D eigenvalue weighted by Crippen LogP contribution is 2.26. The van der Waals surface area contributed by atoms with E-state index in [4.69, 9.17) is 4.74 Å². The molecule has 4 N–H and O–H groups in total. The van der Waals surface area contributed by atoms with Gasteiger partial charge in [0.1, 0.15) is 23.4 Å². The van der Waals surface area contributed by atoms with Gasteiger partial charge in [-0.2, -0.15) is 0 Å². The second-order valence-electron chi connectivity index (χ2n) is 10.2. The van der Waals surface area contributed by atoms with Crippen LogP contribution in [0.4, 0.5) is 4.79 Å². The molecule has 204 valence electrons. The minimum Gasteiger partial charge on any atom is -0.508 e. The topological polar surface area (TPSA) is 128 Å². The first kappa shape index (κ1) is 31.2. The van der Waals surface area contributed by atoms with Crippen LogP contribution < -0.4 is 10.6 Å². The Labute approximate surface area is 215 Å². The van der Waals surface area contributed by atoms with Gasteiger partial charge < -0.3 is 30.5 Å². The van der Waals surface area contributed by atoms with Gasteiger partial charge in [0.2, 0.25) is 11.8 Å². The average molecular weight is 508 g/mol. The minimum absolute atomic E-state index is 0.0316. The molecule has 0 aromatic heterocycles. The third-order valence-electron chi connectivity index (χ3n) is 5.56. The van der Waals surface area contributed by atoms with Crippen LogP contribution in [0.3, 0.4) is 0 Å². The van der Waals surface area contributed by atoms with Gasteiger partial charge in [-0.25, -0.2) is 4.79 Å². The lowest BCUT2D eigenvalue weighted by molar-refractivity contribution is -0.143. The van der Waals surface area contributed by atoms with E-state index in [1.165, 1.54) is 17.0 Å². The Kier molecular flexibility index (Phi) is 13.3. The summed E-state index contributed by atoms with van der Waals surface area (Å²) in [7, 11) is 0. The lowest BCUT2D eigenvalue weighted by atomic mass is 10.0. The van der Waals surface area contributed by atoms with Crippen molar-refractivity contribution in [1.82, 2.24) is 15.5 Å². The highest BCUT2D eigenvalue weighted by atomic mass is 16.6. The largest absolute Gasteiger partial charge is 0.508 e. The molecule has 9 nitrogen and oxygen atoms in total. The van der Waals surface area contributed by atoms with Crippen molar-refractivity contribution < 1.29 is 29.3 Å². The number of rotatable bonds is 14. The molecule has 9 heteroatoms. The van der Waals surface area contributed by atoms with E-state index in [0.29, 0.717) is 12.0 Å². The number of carbonyl (C=O) groups is 3. The number of ether oxygens (including phenoxy) is 1. The molecule has 0 heterocycles. The van der Waals surface area contributed by atoms with E-state index in [2.05, 4.69) is 17.6 Å². The van der Waals surface area contributed by atoms with Gasteiger partial charge >= 0.3 is 6.09 Å². The van der Waals surface area contributed by atoms with E-state index < -0.39 is 36.3 Å². The van der Waals surface area contributed by atoms with Crippen molar-refractivity contribution in [3.63, 3.8) is 0 Å². The van der Waals surface area contributed by atoms with Crippen LogP contribution >= 0.6 is 0 Å². The maximum atomic E-state index is 13.7. The second-order valence-corrected chi connectivity index (χ2v) is 10.2. The number of alkyl carbamates (subject to hydrolysis) is 1. The van der Waals surface area contributed by atoms with Crippen molar-refractivity contribution in [2.75, 3.05) is 13.2 Å². The van der Waals surface area contributed by atoms with Crippen LogP contribution in [0.2, 0.25) is 0 Å². The monoisotopic (exact) mass is 507 g/mol. The summed E-state index contributed by atoms with van der Waals surface area (Å²) in [6.07, 6.45) is 4.26. The van der Waals surface area contributed by atoms with Crippen LogP contribution in [0.25, 0.3) is 0 Å². The number of nitrogens with one attached hydrogen (secondary N) is 2. The van der Waals surface area contributed by atoms with E-state index in [1.807, 2.05) is 13.8 Å². The molecule has 0 bridgehead atoms. The number of amides is 3. The van der Waals surface area contributed by atoms with Gasteiger partial charge in [-0.3, -0.25) is 9.59 Å². The predicted molar refractivity (Wildman–Crippen MR) is 139 cm³/mol. The highest BCUT2D eigenvalue weighted by Gasteiger charge is 2.36. The Morgan fingerprint density at radius 2 is 1.75 bits per heavy atom. The molecule has 1 aromatic rings. The van der Waals surface area contributed by atoms with Crippen molar-refractivity contribution in [2.24, 2.45) is 0 Å². The molecule has 0 saturated heterocycles. The highest BCUT2D eigenvalue weighted by molar-refractivity contribution is 5.92. The van der Waals surface area contributed by atoms with Gasteiger partial charge in [0.25, 0.3) is 0 Å². The van der Waals surface area contributed by atoms with Crippen LogP contribution in [-0.2, 0) is 14.3 Å². The molecule has 1 aromatic carbocycles. The van der Waals surface area contributed by atoms with E-state index in [1.54, 1.807) is 32.9 Å². The van der Waals surface area contributed by atoms with Crippen LogP contribution in [0.15, 0.2) is 24.3 Å². The quantitative estimate of drug-likeness (QED) is 0.282. The predicted octanol–water partition coefficient (Wildman–Crippen LogP) is 4.03. The summed E-state index contributed by atoms with van der Waals surface area (Å²) in [4.78, 5) is 41.0. The lowest BCUT2D eigenvalue weighted by Crippen LogP contribution is -2.55. The molecule has 0 radical (unpaired) electrons.